The second-order valence-corrected chi connectivity index (χ2v) is 27.6. The van der Waals surface area contributed by atoms with E-state index in [0.29, 0.717) is 17.5 Å². The zero-order chi connectivity index (χ0) is 71.2. The number of rotatable bonds is 14. The van der Waals surface area contributed by atoms with E-state index in [1.54, 1.807) is 0 Å². The van der Waals surface area contributed by atoms with E-state index in [2.05, 4.69) is 422 Å². The molecule has 0 amide bonds. The number of benzene rings is 16. The van der Waals surface area contributed by atoms with Gasteiger partial charge in [0.25, 0.3) is 0 Å². The first-order valence-corrected chi connectivity index (χ1v) is 36.6. The van der Waals surface area contributed by atoms with Gasteiger partial charge in [-0.25, -0.2) is 15.0 Å². The third-order valence-electron chi connectivity index (χ3n) is 21.4. The van der Waals surface area contributed by atoms with E-state index in [0.717, 1.165) is 123 Å². The van der Waals surface area contributed by atoms with Gasteiger partial charge in [0.05, 0.1) is 44.1 Å². The summed E-state index contributed by atoms with van der Waals surface area (Å²) in [6, 6.07) is 141. The van der Waals surface area contributed by atoms with Gasteiger partial charge in [0.2, 0.25) is 0 Å². The molecule has 0 aliphatic carbocycles. The monoisotopic (exact) mass is 1380 g/mol. The standard InChI is InChI=1S/C99H65N9/c1-6-24-71(25-7-1)103(72-26-8-2-9-27-72)79-56-60-95-87(64-79)83-36-18-22-40-91(83)107(95)77-52-44-67(45-53-77)98-100-97(101-99(102-98)68-46-54-78(55-47-68)108-92-41-23-19-37-84(92)88-65-80(57-61-96(88)108)104(73-28-10-3-11-29-73)74-30-12-4-13-31-74)66-42-50-76(51-43-66)106-90-39-21-17-35-82(90)86-63-70(49-59-94(86)106)69-48-58-93-85(62-69)81-34-16-20-38-89(81)105(93)75-32-14-5-15-33-75/h1-65H. The van der Waals surface area contributed by atoms with Crippen molar-refractivity contribution in [1.82, 2.24) is 33.2 Å². The topological polar surface area (TPSA) is 64.9 Å². The Morgan fingerprint density at radius 3 is 0.676 bits per heavy atom. The lowest BCUT2D eigenvalue weighted by atomic mass is 10.0. The van der Waals surface area contributed by atoms with Crippen LogP contribution in [0, 0.1) is 0 Å². The molecule has 0 fully saturated rings. The molecule has 0 bridgehead atoms. The lowest BCUT2D eigenvalue weighted by molar-refractivity contribution is 1.07. The molecule has 0 aliphatic rings. The zero-order valence-corrected chi connectivity index (χ0v) is 58.6. The van der Waals surface area contributed by atoms with E-state index in [9.17, 15) is 0 Å². The molecule has 0 saturated heterocycles. The Labute approximate surface area is 622 Å². The Balaban J connectivity index is 0.662. The summed E-state index contributed by atoms with van der Waals surface area (Å²) in [6.45, 7) is 0. The molecule has 16 aromatic carbocycles. The van der Waals surface area contributed by atoms with Crippen molar-refractivity contribution in [2.24, 2.45) is 0 Å². The molecule has 0 spiro atoms. The van der Waals surface area contributed by atoms with Crippen molar-refractivity contribution in [1.29, 1.82) is 0 Å². The molecule has 0 unspecified atom stereocenters. The maximum absolute atomic E-state index is 5.39. The molecule has 0 atom stereocenters. The molecule has 0 saturated carbocycles. The van der Waals surface area contributed by atoms with Crippen LogP contribution in [0.2, 0.25) is 0 Å². The first-order valence-electron chi connectivity index (χ1n) is 36.6. The van der Waals surface area contributed by atoms with Gasteiger partial charge in [-0.05, 0) is 230 Å². The Kier molecular flexibility index (Phi) is 14.7. The minimum absolute atomic E-state index is 0.570. The fourth-order valence-electron chi connectivity index (χ4n) is 16.4. The quantitative estimate of drug-likeness (QED) is 0.109. The van der Waals surface area contributed by atoms with Crippen LogP contribution in [0.15, 0.2) is 394 Å². The van der Waals surface area contributed by atoms with Gasteiger partial charge in [0, 0.05) is 117 Å². The number of anilines is 6. The first-order chi connectivity index (χ1) is 53.6. The zero-order valence-electron chi connectivity index (χ0n) is 58.6. The highest BCUT2D eigenvalue weighted by atomic mass is 15.2. The molecule has 506 valence electrons. The average Bonchev–Trinajstić information content (AvgIpc) is 1.60. The third kappa shape index (κ3) is 10.4. The summed E-state index contributed by atoms with van der Waals surface area (Å²) in [5, 5.41) is 9.50. The van der Waals surface area contributed by atoms with E-state index in [1.807, 2.05) is 0 Å². The highest BCUT2D eigenvalue weighted by molar-refractivity contribution is 6.15. The van der Waals surface area contributed by atoms with Crippen LogP contribution in [0.5, 0.6) is 0 Å². The second-order valence-electron chi connectivity index (χ2n) is 27.6. The van der Waals surface area contributed by atoms with E-state index in [1.165, 1.54) is 48.9 Å². The number of nitrogens with zero attached hydrogens (tertiary/aromatic N) is 9. The fraction of sp³-hybridized carbons (Fsp3) is 0. The van der Waals surface area contributed by atoms with Gasteiger partial charge in [-0.1, -0.05) is 176 Å². The van der Waals surface area contributed by atoms with Gasteiger partial charge in [-0.3, -0.25) is 0 Å². The van der Waals surface area contributed by atoms with E-state index in [-0.39, 0.29) is 0 Å². The van der Waals surface area contributed by atoms with Crippen molar-refractivity contribution in [3.05, 3.63) is 394 Å². The van der Waals surface area contributed by atoms with Crippen molar-refractivity contribution >= 4 is 121 Å². The van der Waals surface area contributed by atoms with Crippen LogP contribution >= 0.6 is 0 Å². The smallest absolute Gasteiger partial charge is 0.164 e. The summed E-state index contributed by atoms with van der Waals surface area (Å²) in [7, 11) is 0. The van der Waals surface area contributed by atoms with Crippen LogP contribution < -0.4 is 9.80 Å². The van der Waals surface area contributed by atoms with Gasteiger partial charge in [-0.15, -0.1) is 0 Å². The molecule has 0 radical (unpaired) electrons. The molecule has 0 N–H and O–H groups in total. The molecule has 21 rings (SSSR count). The van der Waals surface area contributed by atoms with Crippen molar-refractivity contribution in [2.75, 3.05) is 9.80 Å². The Bertz CT molecular complexity index is 6670. The normalized spacial score (nSPS) is 11.7. The summed E-state index contributed by atoms with van der Waals surface area (Å²) in [5.41, 5.74) is 24.8. The van der Waals surface area contributed by atoms with E-state index >= 15 is 0 Å². The Morgan fingerprint density at radius 1 is 0.157 bits per heavy atom. The summed E-state index contributed by atoms with van der Waals surface area (Å²) in [5.74, 6) is 1.71. The van der Waals surface area contributed by atoms with Crippen molar-refractivity contribution in [3.63, 3.8) is 0 Å². The number of aromatic nitrogens is 7. The summed E-state index contributed by atoms with van der Waals surface area (Å²) < 4.78 is 9.48. The van der Waals surface area contributed by atoms with Gasteiger partial charge in [0.1, 0.15) is 0 Å². The number of hydrogen-bond acceptors (Lipinski definition) is 5. The minimum Gasteiger partial charge on any atom is -0.310 e. The number of hydrogen-bond donors (Lipinski definition) is 0. The third-order valence-corrected chi connectivity index (χ3v) is 21.4. The van der Waals surface area contributed by atoms with Crippen molar-refractivity contribution in [3.8, 4) is 68.0 Å². The average molecular weight is 1380 g/mol. The second kappa shape index (κ2) is 25.6. The molecule has 9 nitrogen and oxygen atoms in total. The van der Waals surface area contributed by atoms with Crippen molar-refractivity contribution in [2.45, 2.75) is 0 Å². The molecule has 5 heterocycles. The van der Waals surface area contributed by atoms with Gasteiger partial charge < -0.3 is 28.1 Å². The molecular weight excluding hydrogens is 1320 g/mol. The Hall–Kier alpha value is -14.7. The predicted molar refractivity (Wildman–Crippen MR) is 448 cm³/mol. The molecular formula is C99H65N9. The molecule has 108 heavy (non-hydrogen) atoms. The van der Waals surface area contributed by atoms with Crippen LogP contribution in [0.1, 0.15) is 0 Å². The van der Waals surface area contributed by atoms with Crippen LogP contribution in [0.3, 0.4) is 0 Å². The Morgan fingerprint density at radius 2 is 0.380 bits per heavy atom. The van der Waals surface area contributed by atoms with Gasteiger partial charge in [0.15, 0.2) is 17.5 Å². The maximum atomic E-state index is 5.39. The maximum Gasteiger partial charge on any atom is 0.164 e. The molecule has 5 aromatic heterocycles. The van der Waals surface area contributed by atoms with Crippen LogP contribution in [0.4, 0.5) is 34.1 Å². The molecule has 21 aromatic rings. The summed E-state index contributed by atoms with van der Waals surface area (Å²) in [6.07, 6.45) is 0. The highest BCUT2D eigenvalue weighted by Crippen LogP contribution is 2.45. The summed E-state index contributed by atoms with van der Waals surface area (Å²) in [4.78, 5) is 20.8. The lowest BCUT2D eigenvalue weighted by Crippen LogP contribution is -2.09. The van der Waals surface area contributed by atoms with Crippen LogP contribution in [0.25, 0.3) is 155 Å². The van der Waals surface area contributed by atoms with Gasteiger partial charge >= 0.3 is 0 Å². The first kappa shape index (κ1) is 61.9. The predicted octanol–water partition coefficient (Wildman–Crippen LogP) is 25.9. The van der Waals surface area contributed by atoms with Crippen molar-refractivity contribution < 1.29 is 0 Å². The largest absolute Gasteiger partial charge is 0.310 e. The fourth-order valence-corrected chi connectivity index (χ4v) is 16.4. The minimum atomic E-state index is 0.570. The summed E-state index contributed by atoms with van der Waals surface area (Å²) >= 11 is 0. The van der Waals surface area contributed by atoms with Crippen LogP contribution in [-0.2, 0) is 0 Å². The van der Waals surface area contributed by atoms with Gasteiger partial charge in [-0.2, -0.15) is 0 Å². The number of para-hydroxylation sites is 9. The molecule has 0 aliphatic heterocycles. The highest BCUT2D eigenvalue weighted by Gasteiger charge is 2.23. The van der Waals surface area contributed by atoms with Crippen LogP contribution in [-0.4, -0.2) is 33.2 Å². The number of fused-ring (bicyclic) bond motifs is 12. The van der Waals surface area contributed by atoms with E-state index in [4.69, 9.17) is 15.0 Å². The molecule has 9 heteroatoms. The SMILES string of the molecule is c1ccc(N(c2ccccc2)c2ccc3c(c2)c2ccccc2n3-c2ccc(-c3nc(-c4ccc(-n5c6ccccc6c6cc(-c7ccc8c(c7)c7ccccc7n8-c7ccccc7)ccc65)cc4)nc(-c4ccc(-n5c6ccccc6c6cc(N(c7ccccc7)c7ccccc7)ccc65)cc4)n3)cc2)cc1. The van der Waals surface area contributed by atoms with E-state index < -0.39 is 0 Å². The lowest BCUT2D eigenvalue weighted by Gasteiger charge is -2.25.